The van der Waals surface area contributed by atoms with Gasteiger partial charge in [-0.3, -0.25) is 10.1 Å². The normalized spacial score (nSPS) is 16.8. The Morgan fingerprint density at radius 1 is 1.30 bits per heavy atom. The van der Waals surface area contributed by atoms with Gasteiger partial charge in [-0.25, -0.2) is 0 Å². The molecular formula is C14H19N4O2+. The highest BCUT2D eigenvalue weighted by Gasteiger charge is 2.33. The molecule has 1 heterocycles. The molecule has 6 heteroatoms. The first kappa shape index (κ1) is 14.3. The molecule has 0 radical (unpaired) electrons. The van der Waals surface area contributed by atoms with Gasteiger partial charge in [-0.15, -0.1) is 0 Å². The summed E-state index contributed by atoms with van der Waals surface area (Å²) in [5.74, 6) is 0. The smallest absolute Gasteiger partial charge is 0.269 e. The van der Waals surface area contributed by atoms with E-state index in [1.165, 1.54) is 17.0 Å². The van der Waals surface area contributed by atoms with Gasteiger partial charge in [0.15, 0.2) is 5.54 Å². The van der Waals surface area contributed by atoms with Gasteiger partial charge in [0.1, 0.15) is 6.07 Å². The average molecular weight is 275 g/mol. The summed E-state index contributed by atoms with van der Waals surface area (Å²) < 4.78 is 0. The highest BCUT2D eigenvalue weighted by molar-refractivity contribution is 5.51. The minimum Gasteiger partial charge on any atom is -0.360 e. The van der Waals surface area contributed by atoms with Gasteiger partial charge in [0.25, 0.3) is 5.69 Å². The number of anilines is 1. The van der Waals surface area contributed by atoms with Gasteiger partial charge in [0.05, 0.1) is 31.1 Å². The van der Waals surface area contributed by atoms with E-state index < -0.39 is 0 Å². The summed E-state index contributed by atoms with van der Waals surface area (Å²) >= 11 is 0. The number of nitro groups is 1. The SMILES string of the molecule is CC(C)(C#N)[NH+]1CCN(c2ccc([N+](=O)[O-])cc2)CC1. The van der Waals surface area contributed by atoms with E-state index in [2.05, 4.69) is 11.0 Å². The van der Waals surface area contributed by atoms with E-state index in [-0.39, 0.29) is 16.1 Å². The zero-order valence-corrected chi connectivity index (χ0v) is 11.8. The molecule has 1 fully saturated rings. The van der Waals surface area contributed by atoms with Crippen molar-refractivity contribution in [3.8, 4) is 6.07 Å². The molecule has 1 aliphatic heterocycles. The van der Waals surface area contributed by atoms with Crippen LogP contribution in [0.2, 0.25) is 0 Å². The number of nitrogens with zero attached hydrogens (tertiary/aromatic N) is 3. The van der Waals surface area contributed by atoms with Crippen LogP contribution in [-0.2, 0) is 0 Å². The lowest BCUT2D eigenvalue weighted by Gasteiger charge is -2.38. The van der Waals surface area contributed by atoms with Crippen LogP contribution >= 0.6 is 0 Å². The molecule has 0 aromatic heterocycles. The van der Waals surface area contributed by atoms with Gasteiger partial charge in [-0.2, -0.15) is 5.26 Å². The number of hydrogen-bond acceptors (Lipinski definition) is 4. The molecule has 1 aromatic rings. The van der Waals surface area contributed by atoms with E-state index in [0.29, 0.717) is 0 Å². The first-order valence-electron chi connectivity index (χ1n) is 6.70. The summed E-state index contributed by atoms with van der Waals surface area (Å²) in [4.78, 5) is 13.7. The Morgan fingerprint density at radius 3 is 2.30 bits per heavy atom. The van der Waals surface area contributed by atoms with Crippen LogP contribution in [0.1, 0.15) is 13.8 Å². The first-order chi connectivity index (χ1) is 9.44. The maximum atomic E-state index is 10.6. The zero-order chi connectivity index (χ0) is 14.8. The molecule has 1 aromatic carbocycles. The Balaban J connectivity index is 2.01. The van der Waals surface area contributed by atoms with Gasteiger partial charge in [-0.05, 0) is 12.1 Å². The highest BCUT2D eigenvalue weighted by Crippen LogP contribution is 2.19. The number of non-ortho nitro benzene ring substituents is 1. The zero-order valence-electron chi connectivity index (χ0n) is 11.8. The molecule has 106 valence electrons. The van der Waals surface area contributed by atoms with Crippen LogP contribution in [0, 0.1) is 21.4 Å². The highest BCUT2D eigenvalue weighted by atomic mass is 16.6. The third-order valence-electron chi connectivity index (χ3n) is 3.96. The molecule has 0 unspecified atom stereocenters. The molecule has 6 nitrogen and oxygen atoms in total. The number of benzene rings is 1. The second-order valence-electron chi connectivity index (χ2n) is 5.60. The number of nitriles is 1. The maximum Gasteiger partial charge on any atom is 0.269 e. The fourth-order valence-corrected chi connectivity index (χ4v) is 2.52. The van der Waals surface area contributed by atoms with Crippen LogP contribution < -0.4 is 9.80 Å². The third-order valence-corrected chi connectivity index (χ3v) is 3.96. The first-order valence-corrected chi connectivity index (χ1v) is 6.70. The Hall–Kier alpha value is -2.13. The summed E-state index contributed by atoms with van der Waals surface area (Å²) in [5, 5.41) is 19.8. The van der Waals surface area contributed by atoms with E-state index in [0.717, 1.165) is 31.9 Å². The Bertz CT molecular complexity index is 525. The molecule has 2 rings (SSSR count). The molecule has 20 heavy (non-hydrogen) atoms. The van der Waals surface area contributed by atoms with E-state index in [9.17, 15) is 10.1 Å². The predicted molar refractivity (Wildman–Crippen MR) is 75.7 cm³/mol. The van der Waals surface area contributed by atoms with Crippen LogP contribution in [0.3, 0.4) is 0 Å². The second-order valence-corrected chi connectivity index (χ2v) is 5.60. The lowest BCUT2D eigenvalue weighted by atomic mass is 10.0. The van der Waals surface area contributed by atoms with Gasteiger partial charge in [0.2, 0.25) is 0 Å². The molecule has 0 aliphatic carbocycles. The number of rotatable bonds is 3. The number of quaternary nitrogens is 1. The van der Waals surface area contributed by atoms with E-state index in [1.54, 1.807) is 12.1 Å². The maximum absolute atomic E-state index is 10.6. The van der Waals surface area contributed by atoms with Crippen molar-refractivity contribution < 1.29 is 9.82 Å². The van der Waals surface area contributed by atoms with Crippen molar-refractivity contribution in [1.82, 2.24) is 0 Å². The van der Waals surface area contributed by atoms with Crippen molar-refractivity contribution in [3.63, 3.8) is 0 Å². The Kier molecular flexibility index (Phi) is 3.91. The van der Waals surface area contributed by atoms with Crippen LogP contribution in [0.25, 0.3) is 0 Å². The van der Waals surface area contributed by atoms with Crippen molar-refractivity contribution in [3.05, 3.63) is 34.4 Å². The summed E-state index contributed by atoms with van der Waals surface area (Å²) in [5.41, 5.74) is 0.759. The molecule has 0 amide bonds. The predicted octanol–water partition coefficient (Wildman–Crippen LogP) is 0.602. The van der Waals surface area contributed by atoms with Crippen LogP contribution in [0.5, 0.6) is 0 Å². The number of nitrogens with one attached hydrogen (secondary N) is 1. The molecular weight excluding hydrogens is 256 g/mol. The second kappa shape index (κ2) is 5.47. The number of nitro benzene ring substituents is 1. The summed E-state index contributed by atoms with van der Waals surface area (Å²) in [7, 11) is 0. The molecule has 1 aliphatic rings. The number of hydrogen-bond donors (Lipinski definition) is 1. The summed E-state index contributed by atoms with van der Waals surface area (Å²) in [6, 6.07) is 9.01. The van der Waals surface area contributed by atoms with Gasteiger partial charge in [-0.1, -0.05) is 0 Å². The fourth-order valence-electron chi connectivity index (χ4n) is 2.52. The minimum atomic E-state index is -0.388. The summed E-state index contributed by atoms with van der Waals surface area (Å²) in [6.07, 6.45) is 0. The van der Waals surface area contributed by atoms with Crippen LogP contribution in [-0.4, -0.2) is 36.6 Å². The average Bonchev–Trinajstić information content (AvgIpc) is 2.47. The topological polar surface area (TPSA) is 74.6 Å². The molecule has 0 atom stereocenters. The molecule has 0 spiro atoms. The third kappa shape index (κ3) is 2.89. The van der Waals surface area contributed by atoms with Crippen molar-refractivity contribution in [2.45, 2.75) is 19.4 Å². The van der Waals surface area contributed by atoms with Crippen molar-refractivity contribution in [2.24, 2.45) is 0 Å². The molecule has 1 saturated heterocycles. The lowest BCUT2D eigenvalue weighted by Crippen LogP contribution is -3.21. The fraction of sp³-hybridized carbons (Fsp3) is 0.500. The Labute approximate surface area is 118 Å². The molecule has 0 saturated carbocycles. The minimum absolute atomic E-state index is 0.114. The van der Waals surface area contributed by atoms with E-state index >= 15 is 0 Å². The van der Waals surface area contributed by atoms with E-state index in [1.807, 2.05) is 13.8 Å². The monoisotopic (exact) mass is 275 g/mol. The number of piperazine rings is 1. The van der Waals surface area contributed by atoms with Crippen molar-refractivity contribution in [1.29, 1.82) is 5.26 Å². The van der Waals surface area contributed by atoms with Crippen LogP contribution in [0.15, 0.2) is 24.3 Å². The molecule has 0 bridgehead atoms. The lowest BCUT2D eigenvalue weighted by molar-refractivity contribution is -0.939. The largest absolute Gasteiger partial charge is 0.360 e. The van der Waals surface area contributed by atoms with Crippen molar-refractivity contribution in [2.75, 3.05) is 31.1 Å². The Morgan fingerprint density at radius 2 is 1.85 bits per heavy atom. The van der Waals surface area contributed by atoms with E-state index in [4.69, 9.17) is 5.26 Å². The quantitative estimate of drug-likeness (QED) is 0.647. The summed E-state index contributed by atoms with van der Waals surface area (Å²) in [6.45, 7) is 7.44. The standard InChI is InChI=1S/C14H18N4O2/c1-14(2,11-15)17-9-7-16(8-10-17)12-3-5-13(6-4-12)18(19)20/h3-6H,7-10H2,1-2H3/p+1. The van der Waals surface area contributed by atoms with Gasteiger partial charge >= 0.3 is 0 Å². The van der Waals surface area contributed by atoms with Crippen molar-refractivity contribution >= 4 is 11.4 Å². The van der Waals surface area contributed by atoms with Gasteiger partial charge in [0, 0.05) is 31.7 Å². The van der Waals surface area contributed by atoms with Crippen LogP contribution in [0.4, 0.5) is 11.4 Å². The molecule has 1 N–H and O–H groups in total. The van der Waals surface area contributed by atoms with Gasteiger partial charge < -0.3 is 9.80 Å².